The van der Waals surface area contributed by atoms with E-state index in [0.29, 0.717) is 18.5 Å². The smallest absolute Gasteiger partial charge is 0.328 e. The van der Waals surface area contributed by atoms with Crippen LogP contribution in [0.5, 0.6) is 0 Å². The van der Waals surface area contributed by atoms with Crippen molar-refractivity contribution in [2.24, 2.45) is 5.92 Å². The summed E-state index contributed by atoms with van der Waals surface area (Å²) in [5.41, 5.74) is 0. The fraction of sp³-hybridized carbons (Fsp3) is 0.583. The molecule has 1 fully saturated rings. The van der Waals surface area contributed by atoms with Gasteiger partial charge in [0.2, 0.25) is 0 Å². The van der Waals surface area contributed by atoms with E-state index in [-0.39, 0.29) is 0 Å². The predicted molar refractivity (Wildman–Crippen MR) is 68.5 cm³/mol. The van der Waals surface area contributed by atoms with Crippen LogP contribution >= 0.6 is 0 Å². The molecule has 0 aromatic heterocycles. The van der Waals surface area contributed by atoms with E-state index in [0.717, 1.165) is 32.1 Å². The van der Waals surface area contributed by atoms with Gasteiger partial charge in [0.1, 0.15) is 0 Å². The number of nitrogens with zero attached hydrogens (tertiary/aromatic N) is 1. The SMILES string of the molecule is CCN1CCC(CNC(=O)NC(=O)/C=C/C(=O)O)C1. The summed E-state index contributed by atoms with van der Waals surface area (Å²) in [6.07, 6.45) is 2.51. The van der Waals surface area contributed by atoms with Crippen molar-refractivity contribution in [1.29, 1.82) is 0 Å². The van der Waals surface area contributed by atoms with E-state index in [1.807, 2.05) is 5.32 Å². The third kappa shape index (κ3) is 6.01. The molecule has 1 unspecified atom stereocenters. The molecule has 0 bridgehead atoms. The molecule has 3 N–H and O–H groups in total. The largest absolute Gasteiger partial charge is 0.478 e. The molecular formula is C12H19N3O4. The van der Waals surface area contributed by atoms with E-state index in [2.05, 4.69) is 17.1 Å². The Bertz CT molecular complexity index is 381. The molecule has 0 saturated carbocycles. The average Bonchev–Trinajstić information content (AvgIpc) is 2.82. The van der Waals surface area contributed by atoms with Gasteiger partial charge < -0.3 is 15.3 Å². The van der Waals surface area contributed by atoms with Crippen LogP contribution < -0.4 is 10.6 Å². The van der Waals surface area contributed by atoms with Crippen molar-refractivity contribution in [1.82, 2.24) is 15.5 Å². The number of nitrogens with one attached hydrogen (secondary N) is 2. The number of amides is 3. The molecule has 19 heavy (non-hydrogen) atoms. The van der Waals surface area contributed by atoms with Crippen LogP contribution in [0.4, 0.5) is 4.79 Å². The zero-order valence-electron chi connectivity index (χ0n) is 10.9. The van der Waals surface area contributed by atoms with Crippen LogP contribution in [-0.4, -0.2) is 54.1 Å². The lowest BCUT2D eigenvalue weighted by Crippen LogP contribution is -2.41. The number of carboxylic acids is 1. The Morgan fingerprint density at radius 1 is 1.37 bits per heavy atom. The monoisotopic (exact) mass is 269 g/mol. The van der Waals surface area contributed by atoms with Gasteiger partial charge in [0.15, 0.2) is 0 Å². The zero-order valence-corrected chi connectivity index (χ0v) is 10.9. The van der Waals surface area contributed by atoms with Crippen molar-refractivity contribution in [2.45, 2.75) is 13.3 Å². The summed E-state index contributed by atoms with van der Waals surface area (Å²) >= 11 is 0. The molecule has 0 radical (unpaired) electrons. The maximum Gasteiger partial charge on any atom is 0.328 e. The van der Waals surface area contributed by atoms with E-state index in [4.69, 9.17) is 5.11 Å². The van der Waals surface area contributed by atoms with Crippen LogP contribution in [0, 0.1) is 5.92 Å². The van der Waals surface area contributed by atoms with Crippen molar-refractivity contribution in [3.8, 4) is 0 Å². The molecule has 1 aliphatic heterocycles. The van der Waals surface area contributed by atoms with Gasteiger partial charge in [-0.2, -0.15) is 0 Å². The van der Waals surface area contributed by atoms with Gasteiger partial charge in [-0.15, -0.1) is 0 Å². The van der Waals surface area contributed by atoms with Crippen LogP contribution in [0.15, 0.2) is 12.2 Å². The molecule has 7 nitrogen and oxygen atoms in total. The molecule has 1 saturated heterocycles. The van der Waals surface area contributed by atoms with Gasteiger partial charge in [-0.3, -0.25) is 10.1 Å². The quantitative estimate of drug-likeness (QED) is 0.600. The topological polar surface area (TPSA) is 98.7 Å². The Balaban J connectivity index is 2.21. The highest BCUT2D eigenvalue weighted by molar-refractivity contribution is 6.02. The van der Waals surface area contributed by atoms with Crippen molar-refractivity contribution in [2.75, 3.05) is 26.2 Å². The maximum absolute atomic E-state index is 11.4. The normalized spacial score (nSPS) is 19.5. The standard InChI is InChI=1S/C12H19N3O4/c1-2-15-6-5-9(8-15)7-13-12(19)14-10(16)3-4-11(17)18/h3-4,9H,2,5-8H2,1H3,(H,17,18)(H2,13,14,16,19)/b4-3+. The van der Waals surface area contributed by atoms with Crippen molar-refractivity contribution >= 4 is 17.9 Å². The van der Waals surface area contributed by atoms with E-state index in [1.54, 1.807) is 0 Å². The number of aliphatic carboxylic acids is 1. The van der Waals surface area contributed by atoms with Crippen molar-refractivity contribution in [3.63, 3.8) is 0 Å². The number of hydrogen-bond acceptors (Lipinski definition) is 4. The molecule has 0 aromatic carbocycles. The average molecular weight is 269 g/mol. The van der Waals surface area contributed by atoms with Crippen LogP contribution in [-0.2, 0) is 9.59 Å². The highest BCUT2D eigenvalue weighted by atomic mass is 16.4. The van der Waals surface area contributed by atoms with E-state index < -0.39 is 17.9 Å². The van der Waals surface area contributed by atoms with Gasteiger partial charge in [0.05, 0.1) is 0 Å². The number of carboxylic acid groups (broad SMARTS) is 1. The number of rotatable bonds is 5. The predicted octanol–water partition coefficient (Wildman–Crippen LogP) is -0.205. The molecule has 1 atom stereocenters. The molecule has 1 heterocycles. The van der Waals surface area contributed by atoms with Gasteiger partial charge >= 0.3 is 12.0 Å². The van der Waals surface area contributed by atoms with Gasteiger partial charge in [0, 0.05) is 25.2 Å². The number of likely N-dealkylation sites (tertiary alicyclic amines) is 1. The van der Waals surface area contributed by atoms with E-state index >= 15 is 0 Å². The second kappa shape index (κ2) is 7.52. The maximum atomic E-state index is 11.4. The highest BCUT2D eigenvalue weighted by Gasteiger charge is 2.21. The Labute approximate surface area is 111 Å². The third-order valence-corrected chi connectivity index (χ3v) is 2.98. The number of carbonyl (C=O) groups excluding carboxylic acids is 2. The molecular weight excluding hydrogens is 250 g/mol. The minimum Gasteiger partial charge on any atom is -0.478 e. The Hall–Kier alpha value is -1.89. The zero-order chi connectivity index (χ0) is 14.3. The number of imide groups is 1. The molecule has 1 rings (SSSR count). The summed E-state index contributed by atoms with van der Waals surface area (Å²) in [5.74, 6) is -1.59. The fourth-order valence-corrected chi connectivity index (χ4v) is 1.95. The lowest BCUT2D eigenvalue weighted by atomic mass is 10.1. The number of hydrogen-bond donors (Lipinski definition) is 3. The third-order valence-electron chi connectivity index (χ3n) is 2.98. The highest BCUT2D eigenvalue weighted by Crippen LogP contribution is 2.14. The molecule has 0 aromatic rings. The van der Waals surface area contributed by atoms with Crippen molar-refractivity contribution in [3.05, 3.63) is 12.2 Å². The number of carbonyl (C=O) groups is 3. The summed E-state index contributed by atoms with van der Waals surface area (Å²) in [7, 11) is 0. The minimum atomic E-state index is -1.24. The molecule has 0 aliphatic carbocycles. The first-order valence-corrected chi connectivity index (χ1v) is 6.23. The van der Waals surface area contributed by atoms with Gasteiger partial charge in [-0.05, 0) is 25.4 Å². The first-order chi connectivity index (χ1) is 9.01. The molecule has 106 valence electrons. The second-order valence-electron chi connectivity index (χ2n) is 4.42. The Kier molecular flexibility index (Phi) is 6.01. The van der Waals surface area contributed by atoms with Gasteiger partial charge in [-0.1, -0.05) is 6.92 Å². The van der Waals surface area contributed by atoms with Crippen LogP contribution in [0.1, 0.15) is 13.3 Å². The minimum absolute atomic E-state index is 0.398. The lowest BCUT2D eigenvalue weighted by molar-refractivity contribution is -0.131. The summed E-state index contributed by atoms with van der Waals surface area (Å²) < 4.78 is 0. The Morgan fingerprint density at radius 2 is 2.11 bits per heavy atom. The lowest BCUT2D eigenvalue weighted by Gasteiger charge is -2.13. The van der Waals surface area contributed by atoms with Crippen LogP contribution in [0.2, 0.25) is 0 Å². The molecule has 7 heteroatoms. The molecule has 0 spiro atoms. The summed E-state index contributed by atoms with van der Waals surface area (Å²) in [6.45, 7) is 5.59. The summed E-state index contributed by atoms with van der Waals surface area (Å²) in [6, 6.07) is -0.602. The Morgan fingerprint density at radius 3 is 2.68 bits per heavy atom. The molecule has 3 amide bonds. The summed E-state index contributed by atoms with van der Waals surface area (Å²) in [4.78, 5) is 35.0. The number of urea groups is 1. The summed E-state index contributed by atoms with van der Waals surface area (Å²) in [5, 5.41) is 13.0. The van der Waals surface area contributed by atoms with E-state index in [1.165, 1.54) is 0 Å². The molecule has 1 aliphatic rings. The van der Waals surface area contributed by atoms with Gasteiger partial charge in [-0.25, -0.2) is 9.59 Å². The van der Waals surface area contributed by atoms with Crippen molar-refractivity contribution < 1.29 is 19.5 Å². The first-order valence-electron chi connectivity index (χ1n) is 6.23. The fourth-order valence-electron chi connectivity index (χ4n) is 1.95. The second-order valence-corrected chi connectivity index (χ2v) is 4.42. The van der Waals surface area contributed by atoms with Crippen LogP contribution in [0.25, 0.3) is 0 Å². The van der Waals surface area contributed by atoms with E-state index in [9.17, 15) is 14.4 Å². The van der Waals surface area contributed by atoms with Crippen LogP contribution in [0.3, 0.4) is 0 Å². The first kappa shape index (κ1) is 15.2. The van der Waals surface area contributed by atoms with Gasteiger partial charge in [0.25, 0.3) is 5.91 Å².